The zero-order valence-electron chi connectivity index (χ0n) is 12.0. The Morgan fingerprint density at radius 2 is 1.60 bits per heavy atom. The van der Waals surface area contributed by atoms with Gasteiger partial charge in [-0.25, -0.2) is 0 Å². The summed E-state index contributed by atoms with van der Waals surface area (Å²) in [6, 6.07) is 9.44. The average molecular weight is 385 g/mol. The SMILES string of the molecule is O[C@@H]1CCCC[C@H]1N1CCC(c2ccc(I)cc2)CC1. The summed E-state index contributed by atoms with van der Waals surface area (Å²) in [5.74, 6) is 0.712. The number of benzene rings is 1. The van der Waals surface area contributed by atoms with E-state index in [1.807, 2.05) is 0 Å². The monoisotopic (exact) mass is 385 g/mol. The molecule has 0 amide bonds. The zero-order chi connectivity index (χ0) is 13.9. The van der Waals surface area contributed by atoms with Gasteiger partial charge in [0.05, 0.1) is 6.10 Å². The molecule has 110 valence electrons. The molecule has 3 rings (SSSR count). The Morgan fingerprint density at radius 1 is 0.950 bits per heavy atom. The fourth-order valence-corrected chi connectivity index (χ4v) is 4.18. The van der Waals surface area contributed by atoms with Crippen LogP contribution in [0.5, 0.6) is 0 Å². The average Bonchev–Trinajstić information content (AvgIpc) is 2.49. The fraction of sp³-hybridized carbons (Fsp3) is 0.647. The van der Waals surface area contributed by atoms with Crippen LogP contribution in [0.1, 0.15) is 50.0 Å². The Morgan fingerprint density at radius 3 is 2.25 bits per heavy atom. The Bertz CT molecular complexity index is 425. The van der Waals surface area contributed by atoms with Crippen molar-refractivity contribution in [3.63, 3.8) is 0 Å². The first-order chi connectivity index (χ1) is 9.74. The Labute approximate surface area is 135 Å². The quantitative estimate of drug-likeness (QED) is 0.784. The van der Waals surface area contributed by atoms with E-state index in [1.54, 1.807) is 0 Å². The van der Waals surface area contributed by atoms with Gasteiger partial charge in [-0.15, -0.1) is 0 Å². The minimum absolute atomic E-state index is 0.0846. The molecule has 3 heteroatoms. The van der Waals surface area contributed by atoms with Crippen LogP contribution in [-0.2, 0) is 0 Å². The molecule has 0 bridgehead atoms. The lowest BCUT2D eigenvalue weighted by Crippen LogP contribution is -2.48. The van der Waals surface area contributed by atoms with Crippen LogP contribution in [0.2, 0.25) is 0 Å². The maximum atomic E-state index is 10.2. The van der Waals surface area contributed by atoms with Gasteiger partial charge in [-0.1, -0.05) is 25.0 Å². The molecule has 0 unspecified atom stereocenters. The lowest BCUT2D eigenvalue weighted by molar-refractivity contribution is 0.00871. The van der Waals surface area contributed by atoms with Crippen molar-refractivity contribution in [2.75, 3.05) is 13.1 Å². The summed E-state index contributed by atoms with van der Waals surface area (Å²) in [4.78, 5) is 2.55. The lowest BCUT2D eigenvalue weighted by atomic mass is 9.86. The van der Waals surface area contributed by atoms with Crippen LogP contribution >= 0.6 is 22.6 Å². The first kappa shape index (κ1) is 14.8. The summed E-state index contributed by atoms with van der Waals surface area (Å²) in [5, 5.41) is 10.2. The summed E-state index contributed by atoms with van der Waals surface area (Å²) in [5.41, 5.74) is 1.49. The van der Waals surface area contributed by atoms with Crippen molar-refractivity contribution in [3.8, 4) is 0 Å². The molecule has 2 aliphatic rings. The number of halogens is 1. The van der Waals surface area contributed by atoms with Gasteiger partial charge in [0.25, 0.3) is 0 Å². The van der Waals surface area contributed by atoms with Gasteiger partial charge in [0.15, 0.2) is 0 Å². The highest BCUT2D eigenvalue weighted by Gasteiger charge is 2.31. The number of rotatable bonds is 2. The maximum Gasteiger partial charge on any atom is 0.0695 e. The van der Waals surface area contributed by atoms with E-state index >= 15 is 0 Å². The highest BCUT2D eigenvalue weighted by atomic mass is 127. The van der Waals surface area contributed by atoms with Gasteiger partial charge in [-0.05, 0) is 85.0 Å². The molecule has 1 aromatic carbocycles. The minimum Gasteiger partial charge on any atom is -0.391 e. The van der Waals surface area contributed by atoms with Gasteiger partial charge in [0, 0.05) is 9.61 Å². The smallest absolute Gasteiger partial charge is 0.0695 e. The molecule has 0 spiro atoms. The van der Waals surface area contributed by atoms with Crippen molar-refractivity contribution in [1.29, 1.82) is 0 Å². The van der Waals surface area contributed by atoms with E-state index in [2.05, 4.69) is 51.8 Å². The van der Waals surface area contributed by atoms with Gasteiger partial charge in [-0.2, -0.15) is 0 Å². The molecule has 1 saturated heterocycles. The first-order valence-electron chi connectivity index (χ1n) is 7.91. The standard InChI is InChI=1S/C17H24INO/c18-15-7-5-13(6-8-15)14-9-11-19(12-10-14)16-3-1-2-4-17(16)20/h5-8,14,16-17,20H,1-4,9-12H2/t16-,17-/m1/s1. The van der Waals surface area contributed by atoms with Gasteiger partial charge >= 0.3 is 0 Å². The molecule has 20 heavy (non-hydrogen) atoms. The van der Waals surface area contributed by atoms with E-state index < -0.39 is 0 Å². The van der Waals surface area contributed by atoms with Crippen LogP contribution in [0.3, 0.4) is 0 Å². The van der Waals surface area contributed by atoms with Crippen LogP contribution in [0.15, 0.2) is 24.3 Å². The van der Waals surface area contributed by atoms with Crippen molar-refractivity contribution in [3.05, 3.63) is 33.4 Å². The number of aliphatic hydroxyl groups excluding tert-OH is 1. The second-order valence-electron chi connectivity index (χ2n) is 6.28. The summed E-state index contributed by atoms with van der Waals surface area (Å²) >= 11 is 2.37. The van der Waals surface area contributed by atoms with Crippen LogP contribution < -0.4 is 0 Å². The van der Waals surface area contributed by atoms with Gasteiger partial charge in [-0.3, -0.25) is 4.90 Å². The van der Waals surface area contributed by atoms with Gasteiger partial charge in [0.2, 0.25) is 0 Å². The molecule has 1 aromatic rings. The van der Waals surface area contributed by atoms with Crippen molar-refractivity contribution < 1.29 is 5.11 Å². The van der Waals surface area contributed by atoms with E-state index in [0.29, 0.717) is 12.0 Å². The summed E-state index contributed by atoms with van der Waals surface area (Å²) in [6.07, 6.45) is 7.08. The van der Waals surface area contributed by atoms with Crippen molar-refractivity contribution >= 4 is 22.6 Å². The van der Waals surface area contributed by atoms with E-state index in [4.69, 9.17) is 0 Å². The molecule has 1 N–H and O–H groups in total. The molecule has 2 atom stereocenters. The van der Waals surface area contributed by atoms with Crippen molar-refractivity contribution in [2.24, 2.45) is 0 Å². The number of hydrogen-bond acceptors (Lipinski definition) is 2. The van der Waals surface area contributed by atoms with E-state index in [9.17, 15) is 5.11 Å². The topological polar surface area (TPSA) is 23.5 Å². The Kier molecular flexibility index (Phi) is 5.00. The van der Waals surface area contributed by atoms with E-state index in [-0.39, 0.29) is 6.10 Å². The minimum atomic E-state index is -0.0846. The van der Waals surface area contributed by atoms with Gasteiger partial charge in [0.1, 0.15) is 0 Å². The van der Waals surface area contributed by atoms with Crippen LogP contribution in [0, 0.1) is 3.57 Å². The molecule has 1 aliphatic carbocycles. The molecule has 2 fully saturated rings. The maximum absolute atomic E-state index is 10.2. The highest BCUT2D eigenvalue weighted by Crippen LogP contribution is 2.32. The van der Waals surface area contributed by atoms with Crippen molar-refractivity contribution in [2.45, 2.75) is 56.6 Å². The molecular weight excluding hydrogens is 361 g/mol. The molecule has 1 heterocycles. The number of hydrogen-bond donors (Lipinski definition) is 1. The van der Waals surface area contributed by atoms with Crippen molar-refractivity contribution in [1.82, 2.24) is 4.90 Å². The van der Waals surface area contributed by atoms with Gasteiger partial charge < -0.3 is 5.11 Å². The van der Waals surface area contributed by atoms with Crippen LogP contribution in [0.4, 0.5) is 0 Å². The second kappa shape index (κ2) is 6.75. The Balaban J connectivity index is 1.57. The lowest BCUT2D eigenvalue weighted by Gasteiger charge is -2.41. The molecule has 1 aliphatic heterocycles. The fourth-order valence-electron chi connectivity index (χ4n) is 3.82. The normalized spacial score (nSPS) is 29.5. The third-order valence-corrected chi connectivity index (χ3v) is 5.75. The summed E-state index contributed by atoms with van der Waals surface area (Å²) in [7, 11) is 0. The number of nitrogens with zero attached hydrogens (tertiary/aromatic N) is 1. The largest absolute Gasteiger partial charge is 0.391 e. The van der Waals surface area contributed by atoms with E-state index in [1.165, 1.54) is 41.2 Å². The van der Waals surface area contributed by atoms with E-state index in [0.717, 1.165) is 19.5 Å². The number of likely N-dealkylation sites (tertiary alicyclic amines) is 1. The molecule has 0 aromatic heterocycles. The molecule has 0 radical (unpaired) electrons. The molecular formula is C17H24INO. The Hall–Kier alpha value is -0.130. The number of aliphatic hydroxyl groups is 1. The third-order valence-electron chi connectivity index (χ3n) is 5.03. The third kappa shape index (κ3) is 3.37. The molecule has 2 nitrogen and oxygen atoms in total. The van der Waals surface area contributed by atoms with Crippen LogP contribution in [-0.4, -0.2) is 35.2 Å². The van der Waals surface area contributed by atoms with Crippen LogP contribution in [0.25, 0.3) is 0 Å². The highest BCUT2D eigenvalue weighted by molar-refractivity contribution is 14.1. The first-order valence-corrected chi connectivity index (χ1v) is 8.99. The summed E-state index contributed by atoms with van der Waals surface area (Å²) < 4.78 is 1.31. The second-order valence-corrected chi connectivity index (χ2v) is 7.53. The number of piperidine rings is 1. The predicted octanol–water partition coefficient (Wildman–Crippen LogP) is 3.77. The molecule has 1 saturated carbocycles. The summed E-state index contributed by atoms with van der Waals surface area (Å²) in [6.45, 7) is 2.30. The zero-order valence-corrected chi connectivity index (χ0v) is 14.1. The predicted molar refractivity (Wildman–Crippen MR) is 91.0 cm³/mol.